The fourth-order valence-corrected chi connectivity index (χ4v) is 2.38. The van der Waals surface area contributed by atoms with E-state index in [9.17, 15) is 0 Å². The third-order valence-corrected chi connectivity index (χ3v) is 3.77. The number of hydrogen-bond acceptors (Lipinski definition) is 5. The Morgan fingerprint density at radius 2 is 1.86 bits per heavy atom. The molecule has 0 aliphatic rings. The molecule has 0 saturated heterocycles. The monoisotopic (exact) mass is 431 g/mol. The van der Waals surface area contributed by atoms with Gasteiger partial charge in [0.05, 0.1) is 13.2 Å². The van der Waals surface area contributed by atoms with Gasteiger partial charge in [0.1, 0.15) is 34.8 Å². The number of nitrogens with zero attached hydrogens (tertiary/aromatic N) is 1. The molecular weight excluding hydrogens is 401 g/mol. The number of benzene rings is 1. The van der Waals surface area contributed by atoms with Gasteiger partial charge in [-0.15, -0.1) is 0 Å². The number of rotatable bonds is 12. The van der Waals surface area contributed by atoms with E-state index >= 15 is 0 Å². The molecule has 0 amide bonds. The van der Waals surface area contributed by atoms with Crippen LogP contribution in [0.3, 0.4) is 0 Å². The smallest absolute Gasteiger partial charge is 0.129 e. The van der Waals surface area contributed by atoms with E-state index in [1.165, 1.54) is 0 Å². The lowest BCUT2D eigenvalue weighted by atomic mass is 10.1. The minimum Gasteiger partial charge on any atom is -0.491 e. The van der Waals surface area contributed by atoms with E-state index in [0.29, 0.717) is 32.8 Å². The Labute approximate surface area is 178 Å². The van der Waals surface area contributed by atoms with Crippen molar-refractivity contribution in [1.82, 2.24) is 0 Å². The van der Waals surface area contributed by atoms with Crippen molar-refractivity contribution < 1.29 is 19.0 Å². The van der Waals surface area contributed by atoms with E-state index < -0.39 is 0 Å². The quantitative estimate of drug-likeness (QED) is 0.237. The second-order valence-corrected chi connectivity index (χ2v) is 8.14. The number of oxime groups is 1. The molecule has 0 spiro atoms. The highest BCUT2D eigenvalue weighted by molar-refractivity contribution is 6.55. The summed E-state index contributed by atoms with van der Waals surface area (Å²) >= 11 is 11.2. The standard InChI is InChI=1S/C21H31Cl2NO4/c1-6-17-15-18(26-11-8-19(22)23)14-16(2)20(17)27-13-12-25-10-7-9-24-28-21(3,4)5/h8-9,14-15H,6-7,10-13H2,1-5H3. The summed E-state index contributed by atoms with van der Waals surface area (Å²) in [5.74, 6) is 1.64. The molecule has 1 aromatic carbocycles. The highest BCUT2D eigenvalue weighted by Crippen LogP contribution is 2.29. The van der Waals surface area contributed by atoms with Gasteiger partial charge in [-0.25, -0.2) is 0 Å². The molecule has 0 bridgehead atoms. The Balaban J connectivity index is 2.40. The Morgan fingerprint density at radius 1 is 1.11 bits per heavy atom. The van der Waals surface area contributed by atoms with Crippen molar-refractivity contribution in [3.63, 3.8) is 0 Å². The molecule has 5 nitrogen and oxygen atoms in total. The van der Waals surface area contributed by atoms with Gasteiger partial charge in [-0.2, -0.15) is 0 Å². The first-order valence-electron chi connectivity index (χ1n) is 9.41. The normalized spacial score (nSPS) is 11.5. The van der Waals surface area contributed by atoms with Gasteiger partial charge in [0.2, 0.25) is 0 Å². The zero-order valence-electron chi connectivity index (χ0n) is 17.4. The lowest BCUT2D eigenvalue weighted by Crippen LogP contribution is -2.15. The molecule has 0 unspecified atom stereocenters. The molecule has 0 atom stereocenters. The van der Waals surface area contributed by atoms with Crippen molar-refractivity contribution in [2.45, 2.75) is 53.1 Å². The first-order valence-corrected chi connectivity index (χ1v) is 10.2. The maximum absolute atomic E-state index is 5.94. The van der Waals surface area contributed by atoms with E-state index in [1.807, 2.05) is 39.8 Å². The molecule has 0 aromatic heterocycles. The van der Waals surface area contributed by atoms with Crippen LogP contribution < -0.4 is 9.47 Å². The molecule has 7 heteroatoms. The summed E-state index contributed by atoms with van der Waals surface area (Å²) in [7, 11) is 0. The zero-order valence-corrected chi connectivity index (χ0v) is 18.9. The summed E-state index contributed by atoms with van der Waals surface area (Å²) in [6.07, 6.45) is 4.86. The first kappa shape index (κ1) is 24.6. The fourth-order valence-electron chi connectivity index (χ4n) is 2.25. The van der Waals surface area contributed by atoms with Crippen molar-refractivity contribution in [3.05, 3.63) is 33.8 Å². The molecule has 0 N–H and O–H groups in total. The van der Waals surface area contributed by atoms with Crippen molar-refractivity contribution in [2.24, 2.45) is 5.16 Å². The summed E-state index contributed by atoms with van der Waals surface area (Å²) in [5.41, 5.74) is 1.83. The third kappa shape index (κ3) is 10.8. The van der Waals surface area contributed by atoms with E-state index in [2.05, 4.69) is 12.1 Å². The molecule has 0 fully saturated rings. The molecule has 1 aromatic rings. The summed E-state index contributed by atoms with van der Waals surface area (Å²) in [6.45, 7) is 11.8. The van der Waals surface area contributed by atoms with E-state index in [4.69, 9.17) is 42.3 Å². The minimum atomic E-state index is -0.269. The molecule has 1 rings (SSSR count). The lowest BCUT2D eigenvalue weighted by Gasteiger charge is -2.16. The van der Waals surface area contributed by atoms with Crippen LogP contribution in [0.25, 0.3) is 0 Å². The minimum absolute atomic E-state index is 0.195. The van der Waals surface area contributed by atoms with Crippen molar-refractivity contribution in [3.8, 4) is 11.5 Å². The summed E-state index contributed by atoms with van der Waals surface area (Å²) in [6, 6.07) is 3.92. The second-order valence-electron chi connectivity index (χ2n) is 7.13. The summed E-state index contributed by atoms with van der Waals surface area (Å²) in [4.78, 5) is 5.26. The largest absolute Gasteiger partial charge is 0.491 e. The Kier molecular flexibility index (Phi) is 11.4. The number of aryl methyl sites for hydroxylation is 2. The average Bonchev–Trinajstić information content (AvgIpc) is 2.60. The maximum atomic E-state index is 5.94. The maximum Gasteiger partial charge on any atom is 0.129 e. The van der Waals surface area contributed by atoms with Crippen LogP contribution in [-0.2, 0) is 16.0 Å². The van der Waals surface area contributed by atoms with Crippen LogP contribution in [0.1, 0.15) is 45.2 Å². The van der Waals surface area contributed by atoms with Crippen LogP contribution in [0, 0.1) is 6.92 Å². The highest BCUT2D eigenvalue weighted by Gasteiger charge is 2.10. The van der Waals surface area contributed by atoms with Gasteiger partial charge in [0.15, 0.2) is 0 Å². The first-order chi connectivity index (χ1) is 13.2. The van der Waals surface area contributed by atoms with Gasteiger partial charge < -0.3 is 19.0 Å². The molecule has 0 aliphatic carbocycles. The molecule has 0 radical (unpaired) electrons. The van der Waals surface area contributed by atoms with Crippen LogP contribution in [0.2, 0.25) is 0 Å². The van der Waals surface area contributed by atoms with Crippen LogP contribution >= 0.6 is 23.2 Å². The second kappa shape index (κ2) is 12.9. The molecule has 0 heterocycles. The Bertz CT molecular complexity index is 651. The summed E-state index contributed by atoms with van der Waals surface area (Å²) < 4.78 is 17.4. The van der Waals surface area contributed by atoms with E-state index in [1.54, 1.807) is 12.3 Å². The Morgan fingerprint density at radius 3 is 2.50 bits per heavy atom. The topological polar surface area (TPSA) is 49.3 Å². The van der Waals surface area contributed by atoms with Gasteiger partial charge in [-0.1, -0.05) is 35.3 Å². The van der Waals surface area contributed by atoms with Crippen molar-refractivity contribution in [2.75, 3.05) is 26.4 Å². The number of ether oxygens (including phenoxy) is 3. The summed E-state index contributed by atoms with van der Waals surface area (Å²) in [5, 5.41) is 3.92. The zero-order chi connectivity index (χ0) is 21.0. The van der Waals surface area contributed by atoms with Gasteiger partial charge in [-0.05, 0) is 63.5 Å². The SMILES string of the molecule is CCc1cc(OCC=C(Cl)Cl)cc(C)c1OCCOCCC=NOC(C)(C)C. The third-order valence-electron chi connectivity index (χ3n) is 3.46. The van der Waals surface area contributed by atoms with Crippen molar-refractivity contribution >= 4 is 29.4 Å². The van der Waals surface area contributed by atoms with Crippen molar-refractivity contribution in [1.29, 1.82) is 0 Å². The average molecular weight is 432 g/mol. The highest BCUT2D eigenvalue weighted by atomic mass is 35.5. The fraction of sp³-hybridized carbons (Fsp3) is 0.571. The van der Waals surface area contributed by atoms with Crippen LogP contribution in [0.4, 0.5) is 0 Å². The molecular formula is C21H31Cl2NO4. The van der Waals surface area contributed by atoms with Gasteiger partial charge >= 0.3 is 0 Å². The van der Waals surface area contributed by atoms with E-state index in [-0.39, 0.29) is 10.1 Å². The lowest BCUT2D eigenvalue weighted by molar-refractivity contribution is 0.00124. The predicted molar refractivity (Wildman–Crippen MR) is 116 cm³/mol. The molecule has 0 saturated carbocycles. The van der Waals surface area contributed by atoms with Gasteiger partial charge in [-0.3, -0.25) is 0 Å². The van der Waals surface area contributed by atoms with Crippen LogP contribution in [-0.4, -0.2) is 38.2 Å². The van der Waals surface area contributed by atoms with Crippen LogP contribution in [0.5, 0.6) is 11.5 Å². The van der Waals surface area contributed by atoms with E-state index in [0.717, 1.165) is 29.0 Å². The van der Waals surface area contributed by atoms with Gasteiger partial charge in [0.25, 0.3) is 0 Å². The molecule has 0 aliphatic heterocycles. The molecule has 28 heavy (non-hydrogen) atoms. The predicted octanol–water partition coefficient (Wildman–Crippen LogP) is 5.84. The number of hydrogen-bond donors (Lipinski definition) is 0. The van der Waals surface area contributed by atoms with Crippen LogP contribution in [0.15, 0.2) is 27.9 Å². The molecule has 158 valence electrons. The van der Waals surface area contributed by atoms with Gasteiger partial charge in [0, 0.05) is 12.6 Å². The Hall–Kier alpha value is -1.43. The number of halogens is 2.